The van der Waals surface area contributed by atoms with Crippen molar-refractivity contribution in [2.75, 3.05) is 0 Å². The lowest BCUT2D eigenvalue weighted by Crippen LogP contribution is -2.51. The first-order valence-electron chi connectivity index (χ1n) is 7.64. The third kappa shape index (κ3) is 3.64. The van der Waals surface area contributed by atoms with Crippen molar-refractivity contribution in [3.63, 3.8) is 0 Å². The Labute approximate surface area is 129 Å². The minimum Gasteiger partial charge on any atom is -0.480 e. The number of carbonyl (C=O) groups excluding carboxylic acids is 1. The number of carboxylic acid groups (broad SMARTS) is 1. The molecular weight excluding hydrogens is 286 g/mol. The van der Waals surface area contributed by atoms with Crippen LogP contribution in [0.15, 0.2) is 6.07 Å². The molecule has 1 heterocycles. The highest BCUT2D eigenvalue weighted by Crippen LogP contribution is 2.29. The molecule has 2 rings (SSSR count). The average Bonchev–Trinajstić information content (AvgIpc) is 2.70. The van der Waals surface area contributed by atoms with E-state index >= 15 is 0 Å². The van der Waals surface area contributed by atoms with Crippen molar-refractivity contribution in [3.05, 3.63) is 21.4 Å². The molecule has 0 aliphatic heterocycles. The van der Waals surface area contributed by atoms with Gasteiger partial charge in [0.25, 0.3) is 5.91 Å². The molecule has 21 heavy (non-hydrogen) atoms. The van der Waals surface area contributed by atoms with Crippen LogP contribution in [-0.2, 0) is 17.6 Å². The number of amides is 1. The highest BCUT2D eigenvalue weighted by molar-refractivity contribution is 7.14. The van der Waals surface area contributed by atoms with Crippen molar-refractivity contribution < 1.29 is 14.7 Å². The molecule has 1 aromatic heterocycles. The Kier molecular flexibility index (Phi) is 5.04. The van der Waals surface area contributed by atoms with E-state index in [0.717, 1.165) is 12.8 Å². The van der Waals surface area contributed by atoms with Gasteiger partial charge in [-0.2, -0.15) is 0 Å². The zero-order valence-corrected chi connectivity index (χ0v) is 13.5. The number of aryl methyl sites for hydroxylation is 2. The molecule has 0 aromatic carbocycles. The van der Waals surface area contributed by atoms with E-state index in [2.05, 4.69) is 5.32 Å². The van der Waals surface area contributed by atoms with Crippen molar-refractivity contribution in [1.29, 1.82) is 0 Å². The molecule has 2 N–H and O–H groups in total. The molecule has 0 bridgehead atoms. The summed E-state index contributed by atoms with van der Waals surface area (Å²) in [5.74, 6) is -1.23. The van der Waals surface area contributed by atoms with Crippen LogP contribution >= 0.6 is 11.3 Å². The predicted octanol–water partition coefficient (Wildman–Crippen LogP) is 3.39. The monoisotopic (exact) mass is 309 g/mol. The summed E-state index contributed by atoms with van der Waals surface area (Å²) in [6.07, 6.45) is 6.81. The van der Waals surface area contributed by atoms with Crippen molar-refractivity contribution in [1.82, 2.24) is 5.32 Å². The van der Waals surface area contributed by atoms with E-state index in [1.807, 2.05) is 13.0 Å². The first-order valence-corrected chi connectivity index (χ1v) is 8.45. The van der Waals surface area contributed by atoms with E-state index in [1.165, 1.54) is 41.0 Å². The van der Waals surface area contributed by atoms with Gasteiger partial charge >= 0.3 is 5.97 Å². The third-order valence-corrected chi connectivity index (χ3v) is 5.32. The maximum Gasteiger partial charge on any atom is 0.329 e. The van der Waals surface area contributed by atoms with Gasteiger partial charge in [0, 0.05) is 4.88 Å². The van der Waals surface area contributed by atoms with Crippen LogP contribution in [0.2, 0.25) is 0 Å². The number of fused-ring (bicyclic) bond motifs is 1. The number of carboxylic acids is 1. The van der Waals surface area contributed by atoms with E-state index < -0.39 is 11.5 Å². The number of carbonyl (C=O) groups is 2. The molecule has 0 saturated carbocycles. The Morgan fingerprint density at radius 1 is 1.33 bits per heavy atom. The first-order chi connectivity index (χ1) is 9.96. The van der Waals surface area contributed by atoms with Crippen LogP contribution in [0.1, 0.15) is 66.1 Å². The molecule has 5 heteroatoms. The molecule has 1 amide bonds. The van der Waals surface area contributed by atoms with Crippen molar-refractivity contribution in [2.45, 2.75) is 64.3 Å². The van der Waals surface area contributed by atoms with Gasteiger partial charge in [-0.05, 0) is 50.7 Å². The molecule has 0 radical (unpaired) electrons. The summed E-state index contributed by atoms with van der Waals surface area (Å²) in [6.45, 7) is 3.50. The fourth-order valence-electron chi connectivity index (χ4n) is 2.81. The van der Waals surface area contributed by atoms with E-state index in [1.54, 1.807) is 6.92 Å². The van der Waals surface area contributed by atoms with Gasteiger partial charge in [0.15, 0.2) is 0 Å². The van der Waals surface area contributed by atoms with Gasteiger partial charge in [-0.3, -0.25) is 4.79 Å². The Hall–Kier alpha value is -1.36. The largest absolute Gasteiger partial charge is 0.480 e. The molecule has 1 aliphatic rings. The van der Waals surface area contributed by atoms with Crippen molar-refractivity contribution in [2.24, 2.45) is 0 Å². The molecule has 0 spiro atoms. The molecule has 1 aromatic rings. The Morgan fingerprint density at radius 3 is 2.71 bits per heavy atom. The second-order valence-corrected chi connectivity index (χ2v) is 7.10. The Morgan fingerprint density at radius 2 is 2.05 bits per heavy atom. The zero-order valence-electron chi connectivity index (χ0n) is 12.7. The second kappa shape index (κ2) is 6.60. The average molecular weight is 309 g/mol. The second-order valence-electron chi connectivity index (χ2n) is 5.96. The maximum absolute atomic E-state index is 12.4. The van der Waals surface area contributed by atoms with Crippen LogP contribution < -0.4 is 5.32 Å². The van der Waals surface area contributed by atoms with Crippen molar-refractivity contribution >= 4 is 23.2 Å². The van der Waals surface area contributed by atoms with Gasteiger partial charge in [0.1, 0.15) is 5.54 Å². The lowest BCUT2D eigenvalue weighted by molar-refractivity contribution is -0.144. The van der Waals surface area contributed by atoms with Crippen LogP contribution in [0.4, 0.5) is 0 Å². The lowest BCUT2D eigenvalue weighted by atomic mass is 9.96. The van der Waals surface area contributed by atoms with Gasteiger partial charge in [0.2, 0.25) is 0 Å². The third-order valence-electron chi connectivity index (χ3n) is 4.08. The van der Waals surface area contributed by atoms with Crippen LogP contribution in [0.3, 0.4) is 0 Å². The minimum absolute atomic E-state index is 0.258. The fraction of sp³-hybridized carbons (Fsp3) is 0.625. The van der Waals surface area contributed by atoms with E-state index in [4.69, 9.17) is 0 Å². The Balaban J connectivity index is 2.15. The molecule has 0 fully saturated rings. The standard InChI is InChI=1S/C16H23NO3S/c1-3-9-16(2,15(19)20)17-14(18)13-10-11-7-5-4-6-8-12(11)21-13/h10H,3-9H2,1-2H3,(H,17,18)(H,19,20). The fourth-order valence-corrected chi connectivity index (χ4v) is 3.96. The highest BCUT2D eigenvalue weighted by atomic mass is 32.1. The Bertz CT molecular complexity index is 514. The van der Waals surface area contributed by atoms with Gasteiger partial charge in [-0.15, -0.1) is 11.3 Å². The molecule has 116 valence electrons. The molecule has 0 saturated heterocycles. The number of rotatable bonds is 5. The molecule has 4 nitrogen and oxygen atoms in total. The van der Waals surface area contributed by atoms with Gasteiger partial charge in [0.05, 0.1) is 4.88 Å². The normalized spacial score (nSPS) is 17.4. The molecule has 1 aliphatic carbocycles. The smallest absolute Gasteiger partial charge is 0.329 e. The summed E-state index contributed by atoms with van der Waals surface area (Å²) in [5, 5.41) is 12.1. The van der Waals surface area contributed by atoms with Crippen LogP contribution in [0, 0.1) is 0 Å². The quantitative estimate of drug-likeness (QED) is 0.819. The van der Waals surface area contributed by atoms with E-state index in [9.17, 15) is 14.7 Å². The number of hydrogen-bond donors (Lipinski definition) is 2. The predicted molar refractivity (Wildman–Crippen MR) is 84.0 cm³/mol. The highest BCUT2D eigenvalue weighted by Gasteiger charge is 2.34. The van der Waals surface area contributed by atoms with Crippen LogP contribution in [0.5, 0.6) is 0 Å². The van der Waals surface area contributed by atoms with Crippen LogP contribution in [-0.4, -0.2) is 22.5 Å². The SMILES string of the molecule is CCCC(C)(NC(=O)c1cc2c(s1)CCCCC2)C(=O)O. The summed E-state index contributed by atoms with van der Waals surface area (Å²) in [4.78, 5) is 25.7. The molecule has 1 atom stereocenters. The minimum atomic E-state index is -1.19. The van der Waals surface area contributed by atoms with Gasteiger partial charge < -0.3 is 10.4 Å². The van der Waals surface area contributed by atoms with E-state index in [0.29, 0.717) is 17.7 Å². The van der Waals surface area contributed by atoms with Gasteiger partial charge in [-0.25, -0.2) is 4.79 Å². The molecule has 1 unspecified atom stereocenters. The van der Waals surface area contributed by atoms with Gasteiger partial charge in [-0.1, -0.05) is 19.8 Å². The van der Waals surface area contributed by atoms with Crippen LogP contribution in [0.25, 0.3) is 0 Å². The topological polar surface area (TPSA) is 66.4 Å². The summed E-state index contributed by atoms with van der Waals surface area (Å²) >= 11 is 1.52. The first kappa shape index (κ1) is 16.0. The lowest BCUT2D eigenvalue weighted by Gasteiger charge is -2.25. The number of hydrogen-bond acceptors (Lipinski definition) is 3. The number of thiophene rings is 1. The maximum atomic E-state index is 12.4. The molecular formula is C16H23NO3S. The zero-order chi connectivity index (χ0) is 15.5. The number of nitrogens with one attached hydrogen (secondary N) is 1. The van der Waals surface area contributed by atoms with E-state index in [-0.39, 0.29) is 5.91 Å². The summed E-state index contributed by atoms with van der Waals surface area (Å²) in [5.41, 5.74) is 0.0860. The summed E-state index contributed by atoms with van der Waals surface area (Å²) in [7, 11) is 0. The van der Waals surface area contributed by atoms with Crippen molar-refractivity contribution in [3.8, 4) is 0 Å². The summed E-state index contributed by atoms with van der Waals surface area (Å²) in [6, 6.07) is 1.95. The summed E-state index contributed by atoms with van der Waals surface area (Å²) < 4.78 is 0. The number of aliphatic carboxylic acids is 1.